The van der Waals surface area contributed by atoms with Crippen molar-refractivity contribution in [2.75, 3.05) is 6.54 Å². The first kappa shape index (κ1) is 32.8. The monoisotopic (exact) mass is 650 g/mol. The van der Waals surface area contributed by atoms with Crippen molar-refractivity contribution in [1.29, 1.82) is 0 Å². The molecule has 8 rings (SSSR count). The van der Waals surface area contributed by atoms with E-state index in [1.54, 1.807) is 6.20 Å². The normalized spacial score (nSPS) is 29.1. The van der Waals surface area contributed by atoms with Crippen molar-refractivity contribution in [2.45, 2.75) is 96.4 Å². The summed E-state index contributed by atoms with van der Waals surface area (Å²) in [5, 5.41) is 12.4. The predicted octanol–water partition coefficient (Wildman–Crippen LogP) is 5.91. The Bertz CT molecular complexity index is 1710. The van der Waals surface area contributed by atoms with Gasteiger partial charge in [0, 0.05) is 24.4 Å². The number of aryl methyl sites for hydroxylation is 1. The third kappa shape index (κ3) is 5.91. The van der Waals surface area contributed by atoms with E-state index in [0.717, 1.165) is 22.8 Å². The van der Waals surface area contributed by atoms with Gasteiger partial charge in [-0.2, -0.15) is 0 Å². The van der Waals surface area contributed by atoms with E-state index in [0.29, 0.717) is 48.4 Å². The predicted molar refractivity (Wildman–Crippen MR) is 186 cm³/mol. The SMILES string of the molecule is CC(C)C[C@H](NC(=O)C1(CCc2ccccc2)CC(CNC(=O)c2nccc3ccccc23)=NO1)B1O[C@@H]2C[C@@H]3C[C@@H](C3(C)C)[C@]2(C)O1. The first-order valence-electron chi connectivity index (χ1n) is 17.5. The second-order valence-electron chi connectivity index (χ2n) is 15.5. The molecule has 3 aliphatic carbocycles. The highest BCUT2D eigenvalue weighted by Gasteiger charge is 2.68. The zero-order valence-corrected chi connectivity index (χ0v) is 28.7. The molecule has 3 heterocycles. The fourth-order valence-electron chi connectivity index (χ4n) is 8.68. The second-order valence-corrected chi connectivity index (χ2v) is 15.5. The fourth-order valence-corrected chi connectivity index (χ4v) is 8.68. The molecule has 1 saturated heterocycles. The van der Waals surface area contributed by atoms with E-state index in [-0.39, 0.29) is 47.8 Å². The standard InChI is InChI=1S/C38H47BN4O5/c1-24(2)19-32(39-46-31-21-27-20-30(36(27,3)4)37(31,5)47-39)42-35(45)38(17-15-25-11-7-6-8-12-25)22-28(43-48-38)23-41-34(44)33-29-14-10-9-13-26(29)16-18-40-33/h6-14,16,18,24,27,30-32H,15,17,19-23H2,1-5H3,(H,41,44)(H,42,45)/t27-,30-,31+,32-,37-,38?/m0/s1. The summed E-state index contributed by atoms with van der Waals surface area (Å²) in [5.74, 6) is 0.489. The van der Waals surface area contributed by atoms with Crippen LogP contribution >= 0.6 is 0 Å². The summed E-state index contributed by atoms with van der Waals surface area (Å²) in [5.41, 5.74) is 0.681. The molecule has 2 bridgehead atoms. The van der Waals surface area contributed by atoms with Gasteiger partial charge < -0.3 is 24.8 Å². The van der Waals surface area contributed by atoms with E-state index in [9.17, 15) is 9.59 Å². The van der Waals surface area contributed by atoms with Crippen molar-refractivity contribution >= 4 is 35.4 Å². The highest BCUT2D eigenvalue weighted by molar-refractivity contribution is 6.48. The summed E-state index contributed by atoms with van der Waals surface area (Å²) in [6, 6.07) is 19.6. The number of carbonyl (C=O) groups excluding carboxylic acids is 2. The highest BCUT2D eigenvalue weighted by Crippen LogP contribution is 2.65. The molecule has 1 unspecified atom stereocenters. The molecule has 5 aliphatic rings. The van der Waals surface area contributed by atoms with Crippen LogP contribution in [0.3, 0.4) is 0 Å². The zero-order valence-electron chi connectivity index (χ0n) is 28.7. The molecule has 252 valence electrons. The summed E-state index contributed by atoms with van der Waals surface area (Å²) < 4.78 is 13.5. The number of nitrogens with zero attached hydrogens (tertiary/aromatic N) is 2. The Hall–Kier alpha value is -3.76. The van der Waals surface area contributed by atoms with Crippen molar-refractivity contribution < 1.29 is 23.7 Å². The van der Waals surface area contributed by atoms with Gasteiger partial charge in [-0.1, -0.05) is 87.4 Å². The molecule has 0 radical (unpaired) electrons. The van der Waals surface area contributed by atoms with Crippen LogP contribution in [0.2, 0.25) is 0 Å². The quantitative estimate of drug-likeness (QED) is 0.250. The van der Waals surface area contributed by atoms with Crippen LogP contribution in [0.4, 0.5) is 0 Å². The fraction of sp³-hybridized carbons (Fsp3) is 0.526. The van der Waals surface area contributed by atoms with Gasteiger partial charge in [0.2, 0.25) is 5.60 Å². The Morgan fingerprint density at radius 1 is 1.02 bits per heavy atom. The van der Waals surface area contributed by atoms with E-state index in [1.165, 1.54) is 6.42 Å². The second kappa shape index (κ2) is 12.6. The number of hydrogen-bond acceptors (Lipinski definition) is 7. The third-order valence-corrected chi connectivity index (χ3v) is 11.6. The molecule has 2 amide bonds. The van der Waals surface area contributed by atoms with Gasteiger partial charge in [0.1, 0.15) is 5.69 Å². The van der Waals surface area contributed by atoms with Crippen LogP contribution in [-0.2, 0) is 25.4 Å². The number of hydrogen-bond donors (Lipinski definition) is 2. The number of carbonyl (C=O) groups is 2. The van der Waals surface area contributed by atoms with Crippen LogP contribution in [0.5, 0.6) is 0 Å². The smallest absolute Gasteiger partial charge is 0.404 e. The highest BCUT2D eigenvalue weighted by atomic mass is 16.7. The number of pyridine rings is 1. The van der Waals surface area contributed by atoms with Gasteiger partial charge in [0.05, 0.1) is 29.9 Å². The summed E-state index contributed by atoms with van der Waals surface area (Å²) >= 11 is 0. The Morgan fingerprint density at radius 3 is 2.56 bits per heavy atom. The molecule has 0 spiro atoms. The number of oxime groups is 1. The minimum atomic E-state index is -1.23. The topological polar surface area (TPSA) is 111 Å². The summed E-state index contributed by atoms with van der Waals surface area (Å²) in [4.78, 5) is 38.1. The number of fused-ring (bicyclic) bond motifs is 1. The van der Waals surface area contributed by atoms with E-state index in [2.05, 4.69) is 67.5 Å². The van der Waals surface area contributed by atoms with Gasteiger partial charge in [-0.25, -0.2) is 0 Å². The van der Waals surface area contributed by atoms with Crippen LogP contribution in [0.15, 0.2) is 72.0 Å². The Labute approximate surface area is 283 Å². The molecule has 9 nitrogen and oxygen atoms in total. The van der Waals surface area contributed by atoms with Crippen LogP contribution in [0.1, 0.15) is 82.8 Å². The molecule has 4 fully saturated rings. The summed E-state index contributed by atoms with van der Waals surface area (Å²) in [7, 11) is -0.540. The average Bonchev–Trinajstić information content (AvgIpc) is 3.67. The molecule has 3 aromatic rings. The lowest BCUT2D eigenvalue weighted by Gasteiger charge is -2.64. The summed E-state index contributed by atoms with van der Waals surface area (Å²) in [6.45, 7) is 11.3. The van der Waals surface area contributed by atoms with Crippen molar-refractivity contribution in [2.24, 2.45) is 28.3 Å². The van der Waals surface area contributed by atoms with E-state index in [4.69, 9.17) is 14.1 Å². The first-order chi connectivity index (χ1) is 23.0. The Morgan fingerprint density at radius 2 is 1.79 bits per heavy atom. The molecular weight excluding hydrogens is 603 g/mol. The van der Waals surface area contributed by atoms with E-state index >= 15 is 0 Å². The van der Waals surface area contributed by atoms with E-state index in [1.807, 2.05) is 48.5 Å². The van der Waals surface area contributed by atoms with E-state index < -0.39 is 12.7 Å². The number of nitrogens with one attached hydrogen (secondary N) is 2. The molecule has 1 aromatic heterocycles. The van der Waals surface area contributed by atoms with Crippen LogP contribution in [0, 0.1) is 23.2 Å². The minimum Gasteiger partial charge on any atom is -0.404 e. The van der Waals surface area contributed by atoms with Crippen LogP contribution in [-0.4, -0.2) is 59.4 Å². The van der Waals surface area contributed by atoms with Gasteiger partial charge >= 0.3 is 7.12 Å². The van der Waals surface area contributed by atoms with Gasteiger partial charge in [-0.15, -0.1) is 0 Å². The van der Waals surface area contributed by atoms with Crippen LogP contribution < -0.4 is 10.6 Å². The Balaban J connectivity index is 1.07. The zero-order chi connectivity index (χ0) is 33.7. The Kier molecular flexibility index (Phi) is 8.61. The molecular formula is C38H47BN4O5. The molecule has 2 N–H and O–H groups in total. The lowest BCUT2D eigenvalue weighted by molar-refractivity contribution is -0.199. The first-order valence-corrected chi connectivity index (χ1v) is 17.5. The van der Waals surface area contributed by atoms with Crippen LogP contribution in [0.25, 0.3) is 10.8 Å². The lowest BCUT2D eigenvalue weighted by Crippen LogP contribution is -2.65. The molecule has 48 heavy (non-hydrogen) atoms. The molecule has 10 heteroatoms. The van der Waals surface area contributed by atoms with Crippen molar-refractivity contribution in [3.63, 3.8) is 0 Å². The maximum absolute atomic E-state index is 14.4. The molecule has 3 saturated carbocycles. The minimum absolute atomic E-state index is 0.0235. The third-order valence-electron chi connectivity index (χ3n) is 11.6. The average molecular weight is 651 g/mol. The van der Waals surface area contributed by atoms with Gasteiger partial charge in [-0.3, -0.25) is 14.6 Å². The largest absolute Gasteiger partial charge is 0.481 e. The summed E-state index contributed by atoms with van der Waals surface area (Å²) in [6.07, 6.45) is 5.83. The molecule has 2 aliphatic heterocycles. The van der Waals surface area contributed by atoms with Gasteiger partial charge in [-0.05, 0) is 72.8 Å². The number of rotatable bonds is 11. The van der Waals surface area contributed by atoms with Crippen molar-refractivity contribution in [1.82, 2.24) is 15.6 Å². The number of aromatic nitrogens is 1. The van der Waals surface area contributed by atoms with Crippen molar-refractivity contribution in [3.05, 3.63) is 78.1 Å². The number of benzene rings is 2. The maximum Gasteiger partial charge on any atom is 0.481 e. The maximum atomic E-state index is 14.4. The van der Waals surface area contributed by atoms with Crippen molar-refractivity contribution in [3.8, 4) is 0 Å². The lowest BCUT2D eigenvalue weighted by atomic mass is 9.43. The number of amides is 2. The molecule has 2 aromatic carbocycles. The van der Waals surface area contributed by atoms with Gasteiger partial charge in [0.15, 0.2) is 0 Å². The molecule has 6 atom stereocenters. The van der Waals surface area contributed by atoms with Gasteiger partial charge in [0.25, 0.3) is 11.8 Å².